The van der Waals surface area contributed by atoms with Gasteiger partial charge in [-0.15, -0.1) is 0 Å². The number of nitrogens with zero attached hydrogens (tertiary/aromatic N) is 3. The summed E-state index contributed by atoms with van der Waals surface area (Å²) in [6.45, 7) is 6.77. The average molecular weight is 469 g/mol. The van der Waals surface area contributed by atoms with Crippen molar-refractivity contribution in [3.63, 3.8) is 0 Å². The molecule has 1 aromatic heterocycles. The minimum Gasteiger partial charge on any atom is -0.393 e. The summed E-state index contributed by atoms with van der Waals surface area (Å²) in [7, 11) is 0. The zero-order valence-electron chi connectivity index (χ0n) is 20.4. The zero-order chi connectivity index (χ0) is 23.4. The molecule has 1 unspecified atom stereocenters. The number of ether oxygens (including phenoxy) is 1. The van der Waals surface area contributed by atoms with Gasteiger partial charge in [0.2, 0.25) is 0 Å². The molecule has 2 aliphatic heterocycles. The van der Waals surface area contributed by atoms with Crippen LogP contribution in [0.4, 0.5) is 0 Å². The zero-order valence-corrected chi connectivity index (χ0v) is 20.4. The number of nitrogens with one attached hydrogen (secondary N) is 3. The van der Waals surface area contributed by atoms with Crippen LogP contribution in [0.1, 0.15) is 69.5 Å². The van der Waals surface area contributed by atoms with Gasteiger partial charge < -0.3 is 20.5 Å². The highest BCUT2D eigenvalue weighted by Gasteiger charge is 2.49. The van der Waals surface area contributed by atoms with E-state index in [-0.39, 0.29) is 17.9 Å². The molecule has 2 aliphatic carbocycles. The Balaban J connectivity index is 1.33. The molecule has 0 radical (unpaired) electrons. The molecule has 5 rings (SSSR count). The van der Waals surface area contributed by atoms with Crippen LogP contribution in [0.25, 0.3) is 5.57 Å². The summed E-state index contributed by atoms with van der Waals surface area (Å²) in [5, 5.41) is 20.7. The number of morpholine rings is 1. The van der Waals surface area contributed by atoms with Gasteiger partial charge in [-0.3, -0.25) is 20.2 Å². The van der Waals surface area contributed by atoms with Crippen LogP contribution in [0.15, 0.2) is 29.1 Å². The summed E-state index contributed by atoms with van der Waals surface area (Å²) >= 11 is 0. The fourth-order valence-corrected chi connectivity index (χ4v) is 5.45. The standard InChI is InChI=1S/C26H40N6O2/c1-2-3-12-27-25-29-18-22(24(31-25)30-20-5-7-21(33)8-6-20)23-9-4-19(17-28-23)26(10-11-26)32-13-15-34-16-14-32/h4,9,17-18,20-21,25,27,30-31,33H,2-3,5-8,10-16H2,1H3. The highest BCUT2D eigenvalue weighted by atomic mass is 16.5. The van der Waals surface area contributed by atoms with Crippen molar-refractivity contribution >= 4 is 11.8 Å². The van der Waals surface area contributed by atoms with Crippen molar-refractivity contribution in [2.45, 2.75) is 82.3 Å². The van der Waals surface area contributed by atoms with Gasteiger partial charge in [-0.1, -0.05) is 19.4 Å². The Bertz CT molecular complexity index is 868. The molecule has 0 spiro atoms. The molecule has 1 saturated heterocycles. The van der Waals surface area contributed by atoms with Crippen LogP contribution in [0.3, 0.4) is 0 Å². The lowest BCUT2D eigenvalue weighted by Crippen LogP contribution is -2.49. The molecule has 1 aromatic rings. The average Bonchev–Trinajstić information content (AvgIpc) is 3.69. The summed E-state index contributed by atoms with van der Waals surface area (Å²) in [4.78, 5) is 12.2. The molecule has 3 fully saturated rings. The van der Waals surface area contributed by atoms with E-state index in [0.29, 0.717) is 6.04 Å². The molecule has 3 heterocycles. The van der Waals surface area contributed by atoms with Gasteiger partial charge in [-0.25, -0.2) is 0 Å². The summed E-state index contributed by atoms with van der Waals surface area (Å²) < 4.78 is 5.57. The summed E-state index contributed by atoms with van der Waals surface area (Å²) in [6, 6.07) is 4.75. The van der Waals surface area contributed by atoms with E-state index >= 15 is 0 Å². The highest BCUT2D eigenvalue weighted by molar-refractivity contribution is 6.10. The number of aliphatic hydroxyl groups excluding tert-OH is 1. The third-order valence-electron chi connectivity index (χ3n) is 7.73. The highest BCUT2D eigenvalue weighted by Crippen LogP contribution is 2.51. The van der Waals surface area contributed by atoms with Gasteiger partial charge in [0.15, 0.2) is 6.29 Å². The van der Waals surface area contributed by atoms with Gasteiger partial charge in [0.1, 0.15) is 5.82 Å². The number of allylic oxidation sites excluding steroid dienone is 1. The summed E-state index contributed by atoms with van der Waals surface area (Å²) in [6.07, 6.45) is 12.0. The quantitative estimate of drug-likeness (QED) is 0.413. The predicted octanol–water partition coefficient (Wildman–Crippen LogP) is 2.31. The largest absolute Gasteiger partial charge is 0.393 e. The lowest BCUT2D eigenvalue weighted by atomic mass is 9.93. The Kier molecular flexibility index (Phi) is 7.49. The molecule has 4 aliphatic rings. The first-order chi connectivity index (χ1) is 16.7. The smallest absolute Gasteiger partial charge is 0.174 e. The van der Waals surface area contributed by atoms with Crippen molar-refractivity contribution in [3.05, 3.63) is 35.4 Å². The second-order valence-electron chi connectivity index (χ2n) is 10.1. The van der Waals surface area contributed by atoms with Crippen molar-refractivity contribution in [1.29, 1.82) is 0 Å². The van der Waals surface area contributed by atoms with Gasteiger partial charge in [0, 0.05) is 37.1 Å². The maximum absolute atomic E-state index is 9.91. The first-order valence-corrected chi connectivity index (χ1v) is 13.2. The first kappa shape index (κ1) is 23.7. The number of aliphatic imine (C=N–C) groups is 1. The lowest BCUT2D eigenvalue weighted by molar-refractivity contribution is 0.00827. The van der Waals surface area contributed by atoms with Crippen molar-refractivity contribution in [2.24, 2.45) is 4.99 Å². The number of hydrogen-bond donors (Lipinski definition) is 4. The van der Waals surface area contributed by atoms with E-state index in [9.17, 15) is 5.11 Å². The Hall–Kier alpha value is -2.00. The molecule has 0 amide bonds. The van der Waals surface area contributed by atoms with Crippen LogP contribution in [0, 0.1) is 0 Å². The van der Waals surface area contributed by atoms with E-state index in [1.54, 1.807) is 0 Å². The molecule has 34 heavy (non-hydrogen) atoms. The van der Waals surface area contributed by atoms with E-state index < -0.39 is 0 Å². The summed E-state index contributed by atoms with van der Waals surface area (Å²) in [5.74, 6) is 0.986. The van der Waals surface area contributed by atoms with Crippen LogP contribution < -0.4 is 16.0 Å². The van der Waals surface area contributed by atoms with E-state index in [4.69, 9.17) is 14.7 Å². The van der Waals surface area contributed by atoms with Gasteiger partial charge in [0.25, 0.3) is 0 Å². The number of unbranched alkanes of at least 4 members (excludes halogenated alkanes) is 1. The van der Waals surface area contributed by atoms with Crippen molar-refractivity contribution in [3.8, 4) is 0 Å². The van der Waals surface area contributed by atoms with Crippen LogP contribution in [-0.4, -0.2) is 72.5 Å². The molecular formula is C26H40N6O2. The van der Waals surface area contributed by atoms with Crippen molar-refractivity contribution < 1.29 is 9.84 Å². The molecule has 8 heteroatoms. The molecule has 0 aromatic carbocycles. The lowest BCUT2D eigenvalue weighted by Gasteiger charge is -2.35. The molecule has 4 N–H and O–H groups in total. The van der Waals surface area contributed by atoms with Crippen molar-refractivity contribution in [2.75, 3.05) is 32.8 Å². The maximum Gasteiger partial charge on any atom is 0.174 e. The maximum atomic E-state index is 9.91. The number of aliphatic hydroxyl groups is 1. The second-order valence-corrected chi connectivity index (χ2v) is 10.1. The number of aromatic nitrogens is 1. The molecular weight excluding hydrogens is 428 g/mol. The second kappa shape index (κ2) is 10.7. The molecule has 186 valence electrons. The SMILES string of the molecule is CCCCNC1N=CC(c2ccc(C3(N4CCOCC4)CC3)cn2)=C(NC2CCC(O)CC2)N1. The first-order valence-electron chi connectivity index (χ1n) is 13.2. The van der Waals surface area contributed by atoms with E-state index in [2.05, 4.69) is 46.1 Å². The third kappa shape index (κ3) is 5.30. The Labute approximate surface area is 203 Å². The third-order valence-corrected chi connectivity index (χ3v) is 7.73. The van der Waals surface area contributed by atoms with E-state index in [1.165, 1.54) is 18.4 Å². The number of rotatable bonds is 9. The Morgan fingerprint density at radius 2 is 1.97 bits per heavy atom. The molecule has 2 saturated carbocycles. The summed E-state index contributed by atoms with van der Waals surface area (Å²) in [5.41, 5.74) is 3.40. The predicted molar refractivity (Wildman–Crippen MR) is 134 cm³/mol. The number of pyridine rings is 1. The minimum atomic E-state index is -0.161. The fraction of sp³-hybridized carbons (Fsp3) is 0.692. The molecule has 1 atom stereocenters. The van der Waals surface area contributed by atoms with Crippen LogP contribution in [0.2, 0.25) is 0 Å². The van der Waals surface area contributed by atoms with Crippen molar-refractivity contribution in [1.82, 2.24) is 25.8 Å². The Morgan fingerprint density at radius 3 is 2.65 bits per heavy atom. The Morgan fingerprint density at radius 1 is 1.18 bits per heavy atom. The normalized spacial score (nSPS) is 29.1. The molecule has 8 nitrogen and oxygen atoms in total. The number of hydrogen-bond acceptors (Lipinski definition) is 8. The van der Waals surface area contributed by atoms with Gasteiger partial charge >= 0.3 is 0 Å². The van der Waals surface area contributed by atoms with Crippen LogP contribution >= 0.6 is 0 Å². The van der Waals surface area contributed by atoms with E-state index in [1.807, 2.05) is 6.21 Å². The monoisotopic (exact) mass is 468 g/mol. The van der Waals surface area contributed by atoms with Crippen LogP contribution in [0.5, 0.6) is 0 Å². The molecule has 0 bridgehead atoms. The van der Waals surface area contributed by atoms with E-state index in [0.717, 1.165) is 88.5 Å². The van der Waals surface area contributed by atoms with Crippen LogP contribution in [-0.2, 0) is 10.3 Å². The van der Waals surface area contributed by atoms with Gasteiger partial charge in [0.05, 0.1) is 30.6 Å². The minimum absolute atomic E-state index is 0.137. The van der Waals surface area contributed by atoms with Gasteiger partial charge in [-0.05, 0) is 63.1 Å². The fourth-order valence-electron chi connectivity index (χ4n) is 5.45. The topological polar surface area (TPSA) is 94.0 Å². The van der Waals surface area contributed by atoms with Gasteiger partial charge in [-0.2, -0.15) is 0 Å².